The van der Waals surface area contributed by atoms with Gasteiger partial charge in [-0.05, 0) is 36.8 Å². The van der Waals surface area contributed by atoms with E-state index in [1.165, 1.54) is 0 Å². The summed E-state index contributed by atoms with van der Waals surface area (Å²) in [5.41, 5.74) is 1.33. The molecule has 0 spiro atoms. The van der Waals surface area contributed by atoms with Crippen LogP contribution in [0.3, 0.4) is 0 Å². The topological polar surface area (TPSA) is 40.6 Å². The summed E-state index contributed by atoms with van der Waals surface area (Å²) < 4.78 is 27.9. The highest BCUT2D eigenvalue weighted by atomic mass is 19.1. The number of halogens is 2. The quantitative estimate of drug-likeness (QED) is 0.575. The van der Waals surface area contributed by atoms with Crippen LogP contribution >= 0.6 is 0 Å². The third-order valence-corrected chi connectivity index (χ3v) is 4.93. The van der Waals surface area contributed by atoms with Gasteiger partial charge in [-0.1, -0.05) is 48.5 Å². The second-order valence-corrected chi connectivity index (χ2v) is 6.71. The number of amides is 2. The normalized spacial score (nSPS) is 13.9. The van der Waals surface area contributed by atoms with Crippen molar-refractivity contribution >= 4 is 28.8 Å². The SMILES string of the molecule is CCN(C1=C(c2ccccc2)C(=O)N(c2ccc(F)cc2F)C1=O)c1ccccc1. The smallest absolute Gasteiger partial charge is 0.282 e. The largest absolute Gasteiger partial charge is 0.337 e. The molecule has 3 aromatic rings. The predicted octanol–water partition coefficient (Wildman–Crippen LogP) is 4.78. The number of benzene rings is 3. The number of hydrogen-bond acceptors (Lipinski definition) is 3. The van der Waals surface area contributed by atoms with Gasteiger partial charge >= 0.3 is 0 Å². The number of imide groups is 1. The average molecular weight is 404 g/mol. The van der Waals surface area contributed by atoms with E-state index in [0.29, 0.717) is 18.2 Å². The number of carbonyl (C=O) groups excluding carboxylic acids is 2. The molecule has 2 amide bonds. The molecule has 0 saturated carbocycles. The van der Waals surface area contributed by atoms with E-state index in [0.717, 1.165) is 22.7 Å². The van der Waals surface area contributed by atoms with Crippen LogP contribution in [-0.4, -0.2) is 18.4 Å². The van der Waals surface area contributed by atoms with Gasteiger partial charge in [0.15, 0.2) is 0 Å². The van der Waals surface area contributed by atoms with Crippen molar-refractivity contribution in [3.63, 3.8) is 0 Å². The van der Waals surface area contributed by atoms with Crippen molar-refractivity contribution in [2.75, 3.05) is 16.3 Å². The van der Waals surface area contributed by atoms with Crippen LogP contribution in [0.15, 0.2) is 84.6 Å². The van der Waals surface area contributed by atoms with E-state index in [1.807, 2.05) is 37.3 Å². The Kier molecular flexibility index (Phi) is 5.14. The van der Waals surface area contributed by atoms with Gasteiger partial charge in [0.25, 0.3) is 11.8 Å². The number of hydrogen-bond donors (Lipinski definition) is 0. The van der Waals surface area contributed by atoms with Gasteiger partial charge < -0.3 is 4.90 Å². The second-order valence-electron chi connectivity index (χ2n) is 6.71. The Balaban J connectivity index is 1.91. The van der Waals surface area contributed by atoms with Gasteiger partial charge in [0.1, 0.15) is 17.3 Å². The molecular weight excluding hydrogens is 386 g/mol. The van der Waals surface area contributed by atoms with Crippen LogP contribution in [-0.2, 0) is 9.59 Å². The maximum absolute atomic E-state index is 14.5. The Labute approximate surface area is 172 Å². The van der Waals surface area contributed by atoms with Crippen LogP contribution in [0.25, 0.3) is 5.57 Å². The molecule has 0 fully saturated rings. The van der Waals surface area contributed by atoms with Gasteiger partial charge in [0, 0.05) is 18.3 Å². The lowest BCUT2D eigenvalue weighted by molar-refractivity contribution is -0.120. The summed E-state index contributed by atoms with van der Waals surface area (Å²) in [4.78, 5) is 29.3. The number of nitrogens with zero attached hydrogens (tertiary/aromatic N) is 2. The molecule has 0 radical (unpaired) electrons. The van der Waals surface area contributed by atoms with Crippen molar-refractivity contribution in [2.45, 2.75) is 6.92 Å². The van der Waals surface area contributed by atoms with Crippen LogP contribution < -0.4 is 9.80 Å². The molecule has 0 atom stereocenters. The van der Waals surface area contributed by atoms with Crippen LogP contribution in [0, 0.1) is 11.6 Å². The van der Waals surface area contributed by atoms with Gasteiger partial charge in [-0.25, -0.2) is 13.7 Å². The minimum Gasteiger partial charge on any atom is -0.337 e. The molecular formula is C24H18F2N2O2. The van der Waals surface area contributed by atoms with Gasteiger partial charge in [-0.15, -0.1) is 0 Å². The van der Waals surface area contributed by atoms with Gasteiger partial charge in [-0.2, -0.15) is 0 Å². The Morgan fingerprint density at radius 1 is 0.833 bits per heavy atom. The molecule has 30 heavy (non-hydrogen) atoms. The van der Waals surface area contributed by atoms with Crippen LogP contribution in [0.5, 0.6) is 0 Å². The summed E-state index contributed by atoms with van der Waals surface area (Å²) in [6.07, 6.45) is 0. The van der Waals surface area contributed by atoms with Crippen LogP contribution in [0.2, 0.25) is 0 Å². The van der Waals surface area contributed by atoms with Gasteiger partial charge in [0.2, 0.25) is 0 Å². The molecule has 0 N–H and O–H groups in total. The first kappa shape index (κ1) is 19.5. The number of likely N-dealkylation sites (N-methyl/N-ethyl adjacent to an activating group) is 1. The average Bonchev–Trinajstić information content (AvgIpc) is 3.01. The zero-order valence-electron chi connectivity index (χ0n) is 16.2. The van der Waals surface area contributed by atoms with Crippen molar-refractivity contribution in [1.29, 1.82) is 0 Å². The highest BCUT2D eigenvalue weighted by Gasteiger charge is 2.43. The lowest BCUT2D eigenvalue weighted by Crippen LogP contribution is -2.36. The summed E-state index contributed by atoms with van der Waals surface area (Å²) in [5.74, 6) is -3.07. The van der Waals surface area contributed by atoms with Crippen molar-refractivity contribution in [3.8, 4) is 0 Å². The lowest BCUT2D eigenvalue weighted by Gasteiger charge is -2.25. The number of anilines is 2. The van der Waals surface area contributed by atoms with Crippen LogP contribution in [0.1, 0.15) is 12.5 Å². The zero-order chi connectivity index (χ0) is 21.3. The molecule has 0 unspecified atom stereocenters. The fourth-order valence-electron chi connectivity index (χ4n) is 3.59. The molecule has 1 aliphatic rings. The third-order valence-electron chi connectivity index (χ3n) is 4.93. The summed E-state index contributed by atoms with van der Waals surface area (Å²) >= 11 is 0. The van der Waals surface area contributed by atoms with Gasteiger partial charge in [-0.3, -0.25) is 9.59 Å². The fourth-order valence-corrected chi connectivity index (χ4v) is 3.59. The molecule has 0 saturated heterocycles. The molecule has 150 valence electrons. The van der Waals surface area contributed by atoms with E-state index < -0.39 is 23.4 Å². The summed E-state index contributed by atoms with van der Waals surface area (Å²) in [7, 11) is 0. The van der Waals surface area contributed by atoms with E-state index in [4.69, 9.17) is 0 Å². The Morgan fingerprint density at radius 2 is 1.47 bits per heavy atom. The molecule has 3 aromatic carbocycles. The highest BCUT2D eigenvalue weighted by Crippen LogP contribution is 2.37. The predicted molar refractivity (Wildman–Crippen MR) is 112 cm³/mol. The van der Waals surface area contributed by atoms with Crippen molar-refractivity contribution in [3.05, 3.63) is 102 Å². The molecule has 4 nitrogen and oxygen atoms in total. The standard InChI is InChI=1S/C24H18F2N2O2/c1-2-27(18-11-7-4-8-12-18)22-21(16-9-5-3-6-10-16)23(29)28(24(22)30)20-14-13-17(25)15-19(20)26/h3-15H,2H2,1H3. The Bertz CT molecular complexity index is 1140. The lowest BCUT2D eigenvalue weighted by atomic mass is 10.0. The first-order chi connectivity index (χ1) is 14.5. The fraction of sp³-hybridized carbons (Fsp3) is 0.0833. The van der Waals surface area contributed by atoms with E-state index >= 15 is 0 Å². The number of para-hydroxylation sites is 1. The first-order valence-corrected chi connectivity index (χ1v) is 9.49. The van der Waals surface area contributed by atoms with E-state index in [2.05, 4.69) is 0 Å². The van der Waals surface area contributed by atoms with E-state index in [1.54, 1.807) is 35.2 Å². The molecule has 0 bridgehead atoms. The molecule has 0 aromatic heterocycles. The van der Waals surface area contributed by atoms with E-state index in [9.17, 15) is 18.4 Å². The molecule has 0 aliphatic carbocycles. The summed E-state index contributed by atoms with van der Waals surface area (Å²) in [5, 5.41) is 0. The Morgan fingerprint density at radius 3 is 2.07 bits per heavy atom. The van der Waals surface area contributed by atoms with Crippen LogP contribution in [0.4, 0.5) is 20.2 Å². The minimum absolute atomic E-state index is 0.156. The Hall–Kier alpha value is -3.80. The highest BCUT2D eigenvalue weighted by molar-refractivity contribution is 6.46. The molecule has 4 rings (SSSR count). The zero-order valence-corrected chi connectivity index (χ0v) is 16.2. The molecule has 6 heteroatoms. The minimum atomic E-state index is -0.979. The monoisotopic (exact) mass is 404 g/mol. The third kappa shape index (κ3) is 3.26. The molecule has 1 aliphatic heterocycles. The summed E-state index contributed by atoms with van der Waals surface area (Å²) in [6.45, 7) is 2.27. The summed E-state index contributed by atoms with van der Waals surface area (Å²) in [6, 6.07) is 20.7. The van der Waals surface area contributed by atoms with Crippen molar-refractivity contribution in [2.24, 2.45) is 0 Å². The van der Waals surface area contributed by atoms with Gasteiger partial charge in [0.05, 0.1) is 11.3 Å². The van der Waals surface area contributed by atoms with Crippen molar-refractivity contribution in [1.82, 2.24) is 0 Å². The maximum Gasteiger partial charge on any atom is 0.282 e. The first-order valence-electron chi connectivity index (χ1n) is 9.49. The van der Waals surface area contributed by atoms with Crippen molar-refractivity contribution < 1.29 is 18.4 Å². The number of carbonyl (C=O) groups is 2. The number of rotatable bonds is 5. The molecule has 1 heterocycles. The second kappa shape index (κ2) is 7.91. The maximum atomic E-state index is 14.5. The van der Waals surface area contributed by atoms with E-state index in [-0.39, 0.29) is 17.0 Å².